The number of aliphatic hydroxyl groups excluding tert-OH is 2. The summed E-state index contributed by atoms with van der Waals surface area (Å²) in [6.45, 7) is 4.95. The van der Waals surface area contributed by atoms with Crippen LogP contribution in [0.3, 0.4) is 0 Å². The third kappa shape index (κ3) is 65.6. The molecule has 0 aliphatic rings. The first-order chi connectivity index (χ1) is 39.0. The summed E-state index contributed by atoms with van der Waals surface area (Å²) in [5.74, 6) is -0.0129. The molecule has 2 unspecified atom stereocenters. The van der Waals surface area contributed by atoms with Gasteiger partial charge in [0, 0.05) is 12.8 Å². The number of esters is 1. The molecule has 6 heteroatoms. The highest BCUT2D eigenvalue weighted by Crippen LogP contribution is 2.20. The van der Waals surface area contributed by atoms with Crippen LogP contribution in [0.2, 0.25) is 0 Å². The Hall–Kier alpha value is -1.40. The molecule has 470 valence electrons. The Labute approximate surface area is 495 Å². The molecule has 0 saturated heterocycles. The highest BCUT2D eigenvalue weighted by molar-refractivity contribution is 5.76. The Morgan fingerprint density at radius 2 is 0.595 bits per heavy atom. The molecular weight excluding hydrogens is 971 g/mol. The minimum Gasteiger partial charge on any atom is -0.466 e. The van der Waals surface area contributed by atoms with Crippen LogP contribution < -0.4 is 5.32 Å². The number of hydrogen-bond donors (Lipinski definition) is 3. The number of allylic oxidation sites excluding steroid dienone is 2. The van der Waals surface area contributed by atoms with Crippen LogP contribution in [-0.4, -0.2) is 47.4 Å². The molecule has 0 aromatic carbocycles. The van der Waals surface area contributed by atoms with Gasteiger partial charge in [-0.15, -0.1) is 0 Å². The molecule has 0 radical (unpaired) electrons. The molecule has 6 nitrogen and oxygen atoms in total. The van der Waals surface area contributed by atoms with E-state index in [4.69, 9.17) is 4.74 Å². The van der Waals surface area contributed by atoms with Gasteiger partial charge >= 0.3 is 5.97 Å². The first kappa shape index (κ1) is 77.6. The lowest BCUT2D eigenvalue weighted by atomic mass is 10.0. The first-order valence-corrected chi connectivity index (χ1v) is 36.4. The normalized spacial score (nSPS) is 12.5. The van der Waals surface area contributed by atoms with Crippen molar-refractivity contribution in [3.05, 3.63) is 12.2 Å². The predicted molar refractivity (Wildman–Crippen MR) is 347 cm³/mol. The zero-order chi connectivity index (χ0) is 57.1. The van der Waals surface area contributed by atoms with Crippen LogP contribution in [0.15, 0.2) is 12.2 Å². The second-order valence-electron chi connectivity index (χ2n) is 25.3. The van der Waals surface area contributed by atoms with Gasteiger partial charge in [-0.3, -0.25) is 9.59 Å². The predicted octanol–water partition coefficient (Wildman–Crippen LogP) is 23.5. The Morgan fingerprint density at radius 3 is 0.899 bits per heavy atom. The highest BCUT2D eigenvalue weighted by atomic mass is 16.5. The number of hydrogen-bond acceptors (Lipinski definition) is 5. The largest absolute Gasteiger partial charge is 0.466 e. The Bertz CT molecular complexity index is 1190. The molecule has 0 bridgehead atoms. The number of aliphatic hydroxyl groups is 2. The minimum absolute atomic E-state index is 0.0161. The van der Waals surface area contributed by atoms with Gasteiger partial charge in [0.05, 0.1) is 25.4 Å². The molecule has 0 aromatic heterocycles. The van der Waals surface area contributed by atoms with Crippen LogP contribution in [-0.2, 0) is 14.3 Å². The molecular formula is C73H143NO5. The van der Waals surface area contributed by atoms with E-state index >= 15 is 0 Å². The van der Waals surface area contributed by atoms with Crippen LogP contribution in [0, 0.1) is 0 Å². The molecule has 3 N–H and O–H groups in total. The molecule has 79 heavy (non-hydrogen) atoms. The van der Waals surface area contributed by atoms with E-state index in [0.717, 1.165) is 44.9 Å². The van der Waals surface area contributed by atoms with E-state index in [1.54, 1.807) is 0 Å². The maximum atomic E-state index is 12.4. The third-order valence-corrected chi connectivity index (χ3v) is 17.3. The van der Waals surface area contributed by atoms with Crippen LogP contribution >= 0.6 is 0 Å². The number of unbranched alkanes of at least 4 members (excludes halogenated alkanes) is 56. The van der Waals surface area contributed by atoms with Gasteiger partial charge in [0.15, 0.2) is 0 Å². The van der Waals surface area contributed by atoms with Gasteiger partial charge in [-0.05, 0) is 51.4 Å². The maximum Gasteiger partial charge on any atom is 0.305 e. The van der Waals surface area contributed by atoms with Gasteiger partial charge in [0.25, 0.3) is 0 Å². The van der Waals surface area contributed by atoms with Crippen molar-refractivity contribution in [1.82, 2.24) is 5.32 Å². The zero-order valence-electron chi connectivity index (χ0n) is 53.9. The summed E-state index contributed by atoms with van der Waals surface area (Å²) in [7, 11) is 0. The van der Waals surface area contributed by atoms with Crippen molar-refractivity contribution in [3.63, 3.8) is 0 Å². The summed E-state index contributed by atoms with van der Waals surface area (Å²) in [6.07, 6.45) is 86.0. The molecule has 0 aliphatic carbocycles. The molecule has 0 spiro atoms. The van der Waals surface area contributed by atoms with Crippen molar-refractivity contribution in [1.29, 1.82) is 0 Å². The summed E-state index contributed by atoms with van der Waals surface area (Å²) < 4.78 is 5.49. The zero-order valence-corrected chi connectivity index (χ0v) is 53.9. The van der Waals surface area contributed by atoms with Gasteiger partial charge < -0.3 is 20.3 Å². The number of amides is 1. The van der Waals surface area contributed by atoms with Crippen molar-refractivity contribution in [3.8, 4) is 0 Å². The molecule has 1 amide bonds. The topological polar surface area (TPSA) is 95.9 Å². The summed E-state index contributed by atoms with van der Waals surface area (Å²) >= 11 is 0. The average molecular weight is 1110 g/mol. The smallest absolute Gasteiger partial charge is 0.305 e. The number of ether oxygens (including phenoxy) is 1. The lowest BCUT2D eigenvalue weighted by Gasteiger charge is -2.22. The van der Waals surface area contributed by atoms with E-state index < -0.39 is 12.1 Å². The molecule has 0 aliphatic heterocycles. The van der Waals surface area contributed by atoms with Crippen molar-refractivity contribution >= 4 is 11.9 Å². The second kappa shape index (κ2) is 69.1. The van der Waals surface area contributed by atoms with Gasteiger partial charge in [-0.1, -0.05) is 366 Å². The Balaban J connectivity index is 3.25. The van der Waals surface area contributed by atoms with Crippen molar-refractivity contribution in [2.45, 2.75) is 431 Å². The fourth-order valence-electron chi connectivity index (χ4n) is 11.8. The van der Waals surface area contributed by atoms with Crippen LogP contribution in [0.25, 0.3) is 0 Å². The summed E-state index contributed by atoms with van der Waals surface area (Å²) in [4.78, 5) is 24.5. The lowest BCUT2D eigenvalue weighted by Crippen LogP contribution is -2.45. The van der Waals surface area contributed by atoms with E-state index in [1.165, 1.54) is 340 Å². The molecule has 0 aromatic rings. The lowest BCUT2D eigenvalue weighted by molar-refractivity contribution is -0.143. The quantitative estimate of drug-likeness (QED) is 0.0320. The van der Waals surface area contributed by atoms with Gasteiger partial charge in [-0.25, -0.2) is 0 Å². The molecule has 0 heterocycles. The van der Waals surface area contributed by atoms with E-state index in [0.29, 0.717) is 25.9 Å². The van der Waals surface area contributed by atoms with Gasteiger partial charge in [0.2, 0.25) is 5.91 Å². The fraction of sp³-hybridized carbons (Fsp3) is 0.945. The van der Waals surface area contributed by atoms with Crippen molar-refractivity contribution in [2.24, 2.45) is 0 Å². The summed E-state index contributed by atoms with van der Waals surface area (Å²) in [5, 5.41) is 23.2. The fourth-order valence-corrected chi connectivity index (χ4v) is 11.8. The molecule has 0 fully saturated rings. The van der Waals surface area contributed by atoms with E-state index in [9.17, 15) is 19.8 Å². The molecule has 2 atom stereocenters. The van der Waals surface area contributed by atoms with Crippen LogP contribution in [0.4, 0.5) is 0 Å². The first-order valence-electron chi connectivity index (χ1n) is 36.4. The van der Waals surface area contributed by atoms with E-state index in [-0.39, 0.29) is 18.5 Å². The van der Waals surface area contributed by atoms with Crippen LogP contribution in [0.5, 0.6) is 0 Å². The number of carbonyl (C=O) groups is 2. The number of carbonyl (C=O) groups excluding carboxylic acids is 2. The maximum absolute atomic E-state index is 12.4. The summed E-state index contributed by atoms with van der Waals surface area (Å²) in [6, 6.07) is -0.533. The average Bonchev–Trinajstić information content (AvgIpc) is 3.45. The SMILES string of the molecule is CCCCCCC/C=C\CCCCCCCC(=O)OCCCCCCCCCCCCCCCCCCCCCCCCCCCCCCCCCCCCCCCCCC(=O)NC(CO)C(O)CCCCCCCCCCC. The van der Waals surface area contributed by atoms with Gasteiger partial charge in [0.1, 0.15) is 0 Å². The molecule has 0 saturated carbocycles. The van der Waals surface area contributed by atoms with E-state index in [1.807, 2.05) is 0 Å². The molecule has 0 rings (SSSR count). The van der Waals surface area contributed by atoms with Crippen molar-refractivity contribution < 1.29 is 24.5 Å². The van der Waals surface area contributed by atoms with Gasteiger partial charge in [-0.2, -0.15) is 0 Å². The number of rotatable bonds is 69. The Kier molecular flexibility index (Phi) is 67.9. The number of nitrogens with one attached hydrogen (secondary N) is 1. The van der Waals surface area contributed by atoms with E-state index in [2.05, 4.69) is 31.3 Å². The Morgan fingerprint density at radius 1 is 0.342 bits per heavy atom. The minimum atomic E-state index is -0.656. The second-order valence-corrected chi connectivity index (χ2v) is 25.3. The monoisotopic (exact) mass is 1110 g/mol. The standard InChI is InChI=1S/C73H143NO5/c1-3-5-7-9-11-13-14-15-44-47-51-55-59-63-67-73(78)79-68-64-60-56-52-48-45-42-40-38-36-34-32-30-28-26-24-22-20-18-16-17-19-21-23-25-27-29-31-33-35-37-39-41-43-46-50-54-58-62-66-72(77)74-70(69-75)71(76)65-61-57-53-49-12-10-8-6-4-2/h14-15,70-71,75-76H,3-13,16-69H2,1-2H3,(H,74,77)/b15-14-. The summed E-state index contributed by atoms with van der Waals surface area (Å²) in [5.41, 5.74) is 0. The highest BCUT2D eigenvalue weighted by Gasteiger charge is 2.20. The van der Waals surface area contributed by atoms with Crippen molar-refractivity contribution in [2.75, 3.05) is 13.2 Å². The van der Waals surface area contributed by atoms with Crippen LogP contribution in [0.1, 0.15) is 418 Å². The third-order valence-electron chi connectivity index (χ3n) is 17.3.